The van der Waals surface area contributed by atoms with Gasteiger partial charge in [-0.05, 0) is 19.3 Å². The van der Waals surface area contributed by atoms with Crippen LogP contribution in [0.5, 0.6) is 0 Å². The zero-order valence-electron chi connectivity index (χ0n) is 8.15. The second kappa shape index (κ2) is 3.22. The zero-order chi connectivity index (χ0) is 11.1. The highest BCUT2D eigenvalue weighted by atomic mass is 16.4. The fourth-order valence-electron chi connectivity index (χ4n) is 1.96. The van der Waals surface area contributed by atoms with Crippen LogP contribution in [0, 0.1) is 0 Å². The molecule has 0 unspecified atom stereocenters. The van der Waals surface area contributed by atoms with Crippen LogP contribution >= 0.6 is 0 Å². The van der Waals surface area contributed by atoms with Crippen molar-refractivity contribution in [1.29, 1.82) is 0 Å². The molecule has 0 aromatic carbocycles. The summed E-state index contributed by atoms with van der Waals surface area (Å²) in [4.78, 5) is 34.5. The van der Waals surface area contributed by atoms with Gasteiger partial charge in [0.1, 0.15) is 5.54 Å². The van der Waals surface area contributed by atoms with Crippen LogP contribution in [0.2, 0.25) is 0 Å². The number of carboxylic acid groups (broad SMARTS) is 1. The van der Waals surface area contributed by atoms with Crippen molar-refractivity contribution in [3.63, 3.8) is 0 Å². The number of amides is 3. The van der Waals surface area contributed by atoms with Crippen molar-refractivity contribution >= 4 is 17.9 Å². The highest BCUT2D eigenvalue weighted by Crippen LogP contribution is 2.37. The van der Waals surface area contributed by atoms with Gasteiger partial charge in [-0.2, -0.15) is 0 Å². The van der Waals surface area contributed by atoms with Gasteiger partial charge < -0.3 is 10.4 Å². The monoisotopic (exact) mass is 212 g/mol. The molecule has 2 rings (SSSR count). The molecule has 1 spiro atoms. The van der Waals surface area contributed by atoms with E-state index in [4.69, 9.17) is 5.11 Å². The van der Waals surface area contributed by atoms with Gasteiger partial charge in [-0.15, -0.1) is 0 Å². The van der Waals surface area contributed by atoms with Gasteiger partial charge in [0.2, 0.25) is 0 Å². The number of aliphatic carboxylic acids is 1. The Morgan fingerprint density at radius 2 is 2.13 bits per heavy atom. The highest BCUT2D eigenvalue weighted by molar-refractivity contribution is 6.07. The molecule has 0 aromatic heterocycles. The van der Waals surface area contributed by atoms with E-state index >= 15 is 0 Å². The highest BCUT2D eigenvalue weighted by Gasteiger charge is 2.54. The number of imide groups is 1. The molecule has 0 aromatic rings. The lowest BCUT2D eigenvalue weighted by molar-refractivity contribution is -0.138. The van der Waals surface area contributed by atoms with Gasteiger partial charge in [0.05, 0.1) is 6.42 Å². The fourth-order valence-corrected chi connectivity index (χ4v) is 1.96. The van der Waals surface area contributed by atoms with Crippen LogP contribution in [-0.4, -0.2) is 40.0 Å². The van der Waals surface area contributed by atoms with Gasteiger partial charge >= 0.3 is 12.0 Å². The molecule has 1 aliphatic heterocycles. The van der Waals surface area contributed by atoms with Crippen molar-refractivity contribution in [3.05, 3.63) is 0 Å². The van der Waals surface area contributed by atoms with Crippen molar-refractivity contribution in [2.45, 2.75) is 31.2 Å². The zero-order valence-corrected chi connectivity index (χ0v) is 8.15. The minimum Gasteiger partial charge on any atom is -0.481 e. The van der Waals surface area contributed by atoms with E-state index in [-0.39, 0.29) is 18.9 Å². The number of nitrogens with one attached hydrogen (secondary N) is 1. The maximum absolute atomic E-state index is 11.8. The van der Waals surface area contributed by atoms with Gasteiger partial charge in [-0.25, -0.2) is 4.79 Å². The fraction of sp³-hybridized carbons (Fsp3) is 0.667. The molecule has 1 saturated carbocycles. The molecule has 1 heterocycles. The van der Waals surface area contributed by atoms with E-state index < -0.39 is 17.5 Å². The third kappa shape index (κ3) is 1.45. The van der Waals surface area contributed by atoms with E-state index in [1.807, 2.05) is 0 Å². The first-order valence-corrected chi connectivity index (χ1v) is 4.91. The molecule has 0 radical (unpaired) electrons. The summed E-state index contributed by atoms with van der Waals surface area (Å²) in [6.45, 7) is -0.0399. The summed E-state index contributed by atoms with van der Waals surface area (Å²) in [6.07, 6.45) is 2.07. The molecule has 2 fully saturated rings. The van der Waals surface area contributed by atoms with E-state index in [9.17, 15) is 14.4 Å². The van der Waals surface area contributed by atoms with Crippen LogP contribution in [0.3, 0.4) is 0 Å². The molecule has 3 amide bonds. The number of nitrogens with zero attached hydrogens (tertiary/aromatic N) is 1. The van der Waals surface area contributed by atoms with Crippen molar-refractivity contribution < 1.29 is 19.5 Å². The third-order valence-electron chi connectivity index (χ3n) is 3.00. The second-order valence-corrected chi connectivity index (χ2v) is 3.97. The minimum atomic E-state index is -1.01. The molecule has 6 nitrogen and oxygen atoms in total. The average Bonchev–Trinajstić information content (AvgIpc) is 2.35. The smallest absolute Gasteiger partial charge is 0.325 e. The van der Waals surface area contributed by atoms with E-state index in [1.54, 1.807) is 0 Å². The first-order chi connectivity index (χ1) is 7.05. The van der Waals surface area contributed by atoms with Crippen molar-refractivity contribution in [3.8, 4) is 0 Å². The summed E-state index contributed by atoms with van der Waals surface area (Å²) in [6, 6.07) is -0.457. The number of rotatable bonds is 3. The normalized spacial score (nSPS) is 22.8. The second-order valence-electron chi connectivity index (χ2n) is 3.97. The van der Waals surface area contributed by atoms with E-state index in [2.05, 4.69) is 5.32 Å². The SMILES string of the molecule is O=C(O)CCN1C(=O)NC2(CCC2)C1=O. The molecular weight excluding hydrogens is 200 g/mol. The van der Waals surface area contributed by atoms with E-state index in [0.29, 0.717) is 12.8 Å². The molecule has 0 bridgehead atoms. The van der Waals surface area contributed by atoms with Gasteiger partial charge in [0.25, 0.3) is 5.91 Å². The maximum atomic E-state index is 11.8. The van der Waals surface area contributed by atoms with Crippen LogP contribution in [-0.2, 0) is 9.59 Å². The maximum Gasteiger partial charge on any atom is 0.325 e. The van der Waals surface area contributed by atoms with Gasteiger partial charge in [0, 0.05) is 6.54 Å². The quantitative estimate of drug-likeness (QED) is 0.641. The lowest BCUT2D eigenvalue weighted by atomic mass is 9.77. The van der Waals surface area contributed by atoms with E-state index in [1.165, 1.54) is 0 Å². The van der Waals surface area contributed by atoms with Crippen molar-refractivity contribution in [2.24, 2.45) is 0 Å². The number of hydrogen-bond donors (Lipinski definition) is 2. The Balaban J connectivity index is 2.03. The summed E-state index contributed by atoms with van der Waals surface area (Å²) in [5.74, 6) is -1.27. The summed E-state index contributed by atoms with van der Waals surface area (Å²) < 4.78 is 0. The van der Waals surface area contributed by atoms with Crippen LogP contribution in [0.4, 0.5) is 4.79 Å². The van der Waals surface area contributed by atoms with Crippen molar-refractivity contribution in [2.75, 3.05) is 6.54 Å². The first kappa shape index (κ1) is 9.95. The Bertz CT molecular complexity index is 335. The van der Waals surface area contributed by atoms with Crippen LogP contribution in [0.15, 0.2) is 0 Å². The van der Waals surface area contributed by atoms with Gasteiger partial charge in [0.15, 0.2) is 0 Å². The summed E-state index contributed by atoms with van der Waals surface area (Å²) in [7, 11) is 0. The first-order valence-electron chi connectivity index (χ1n) is 4.91. The van der Waals surface area contributed by atoms with Crippen LogP contribution < -0.4 is 5.32 Å². The lowest BCUT2D eigenvalue weighted by Gasteiger charge is -2.34. The van der Waals surface area contributed by atoms with Crippen LogP contribution in [0.1, 0.15) is 25.7 Å². The number of carbonyl (C=O) groups is 3. The molecule has 2 N–H and O–H groups in total. The molecular formula is C9H12N2O4. The largest absolute Gasteiger partial charge is 0.481 e. The Kier molecular flexibility index (Phi) is 2.13. The predicted molar refractivity (Wildman–Crippen MR) is 49.1 cm³/mol. The summed E-state index contributed by atoms with van der Waals surface area (Å²) in [5.41, 5.74) is -0.699. The number of hydrogen-bond acceptors (Lipinski definition) is 3. The Morgan fingerprint density at radius 3 is 2.53 bits per heavy atom. The number of carboxylic acids is 1. The number of carbonyl (C=O) groups excluding carboxylic acids is 2. The predicted octanol–water partition coefficient (Wildman–Crippen LogP) is -0.0644. The lowest BCUT2D eigenvalue weighted by Crippen LogP contribution is -2.52. The summed E-state index contributed by atoms with van der Waals surface area (Å²) in [5, 5.41) is 11.1. The Hall–Kier alpha value is -1.59. The molecule has 15 heavy (non-hydrogen) atoms. The minimum absolute atomic E-state index is 0.0399. The van der Waals surface area contributed by atoms with Gasteiger partial charge in [-0.1, -0.05) is 0 Å². The Morgan fingerprint density at radius 1 is 1.47 bits per heavy atom. The summed E-state index contributed by atoms with van der Waals surface area (Å²) >= 11 is 0. The molecule has 2 aliphatic rings. The van der Waals surface area contributed by atoms with Crippen molar-refractivity contribution in [1.82, 2.24) is 10.2 Å². The molecule has 1 saturated heterocycles. The standard InChI is InChI=1S/C9H12N2O4/c12-6(13)2-5-11-7(14)9(3-1-4-9)10-8(11)15/h1-5H2,(H,10,15)(H,12,13). The van der Waals surface area contributed by atoms with Crippen LogP contribution in [0.25, 0.3) is 0 Å². The topological polar surface area (TPSA) is 86.7 Å². The molecule has 6 heteroatoms. The van der Waals surface area contributed by atoms with E-state index in [0.717, 1.165) is 11.3 Å². The molecule has 1 aliphatic carbocycles. The number of urea groups is 1. The molecule has 0 atom stereocenters. The third-order valence-corrected chi connectivity index (χ3v) is 3.00. The van der Waals surface area contributed by atoms with Gasteiger partial charge in [-0.3, -0.25) is 14.5 Å². The average molecular weight is 212 g/mol. The Labute approximate surface area is 86.2 Å². The molecule has 82 valence electrons.